The van der Waals surface area contributed by atoms with Crippen LogP contribution in [-0.2, 0) is 12.6 Å². The molecule has 2 aromatic rings. The van der Waals surface area contributed by atoms with Crippen molar-refractivity contribution < 1.29 is 55.9 Å². The molecule has 0 radical (unpaired) electrons. The number of hydrogen-bond donors (Lipinski definition) is 0. The summed E-state index contributed by atoms with van der Waals surface area (Å²) in [6, 6.07) is 11.5. The zero-order valence-electron chi connectivity index (χ0n) is 7.23. The Balaban J connectivity index is 0.000000845. The molecule has 13 heavy (non-hydrogen) atoms. The molecule has 0 aliphatic carbocycles. The minimum Gasteiger partial charge on any atom is -0.739 e. The van der Waals surface area contributed by atoms with E-state index < -0.39 is 0 Å². The Morgan fingerprint density at radius 2 is 1.85 bits per heavy atom. The molecule has 0 amide bonds. The molecule has 2 nitrogen and oxygen atoms in total. The topological polar surface area (TPSA) is 26.0 Å². The second kappa shape index (κ2) is 5.24. The van der Waals surface area contributed by atoms with Gasteiger partial charge in [0.15, 0.2) is 0 Å². The van der Waals surface area contributed by atoms with Crippen LogP contribution in [0.5, 0.6) is 0 Å². The maximum absolute atomic E-state index is 4.80. The average Bonchev–Trinajstić information content (AvgIpc) is 2.54. The van der Waals surface area contributed by atoms with Crippen molar-refractivity contribution in [2.24, 2.45) is 0 Å². The summed E-state index contributed by atoms with van der Waals surface area (Å²) < 4.78 is 4.78. The van der Waals surface area contributed by atoms with Gasteiger partial charge in [0.05, 0.1) is 0 Å². The van der Waals surface area contributed by atoms with Gasteiger partial charge in [-0.1, -0.05) is 35.5 Å². The van der Waals surface area contributed by atoms with Crippen molar-refractivity contribution in [3.8, 4) is 11.3 Å². The SMILES string of the molecule is [K+].[S-]c1cc(-c2ccccc2)no1. The second-order valence-corrected chi connectivity index (χ2v) is 2.80. The average molecular weight is 215 g/mol. The van der Waals surface area contributed by atoms with Crippen LogP contribution in [0.4, 0.5) is 0 Å². The fourth-order valence-corrected chi connectivity index (χ4v) is 1.15. The molecule has 4 heteroatoms. The van der Waals surface area contributed by atoms with E-state index in [0.717, 1.165) is 11.3 Å². The number of benzene rings is 1. The number of aromatic nitrogens is 1. The van der Waals surface area contributed by atoms with E-state index in [1.807, 2.05) is 30.3 Å². The summed E-state index contributed by atoms with van der Waals surface area (Å²) in [7, 11) is 0. The van der Waals surface area contributed by atoms with Gasteiger partial charge in [0, 0.05) is 10.7 Å². The van der Waals surface area contributed by atoms with Crippen LogP contribution < -0.4 is 51.4 Å². The first-order chi connectivity index (χ1) is 5.86. The Bertz CT molecular complexity index is 374. The minimum atomic E-state index is 0. The number of nitrogens with zero attached hydrogens (tertiary/aromatic N) is 1. The largest absolute Gasteiger partial charge is 1.00 e. The maximum Gasteiger partial charge on any atom is 1.00 e. The molecule has 0 saturated heterocycles. The van der Waals surface area contributed by atoms with Gasteiger partial charge in [-0.15, -0.1) is 0 Å². The van der Waals surface area contributed by atoms with Crippen molar-refractivity contribution >= 4 is 12.6 Å². The number of hydrogen-bond acceptors (Lipinski definition) is 3. The molecule has 2 rings (SSSR count). The molecule has 0 aliphatic heterocycles. The van der Waals surface area contributed by atoms with Crippen LogP contribution in [0.3, 0.4) is 0 Å². The summed E-state index contributed by atoms with van der Waals surface area (Å²) in [4.78, 5) is 0. The van der Waals surface area contributed by atoms with Crippen LogP contribution in [0, 0.1) is 0 Å². The fourth-order valence-electron chi connectivity index (χ4n) is 1.00. The second-order valence-electron chi connectivity index (χ2n) is 2.40. The summed E-state index contributed by atoms with van der Waals surface area (Å²) in [5.41, 5.74) is 1.82. The number of rotatable bonds is 1. The van der Waals surface area contributed by atoms with Gasteiger partial charge in [0.1, 0.15) is 5.69 Å². The third-order valence-corrected chi connectivity index (χ3v) is 1.75. The normalized spacial score (nSPS) is 9.23. The molecule has 60 valence electrons. The van der Waals surface area contributed by atoms with Crippen molar-refractivity contribution in [1.82, 2.24) is 5.16 Å². The van der Waals surface area contributed by atoms with E-state index in [2.05, 4.69) is 5.16 Å². The molecule has 0 aliphatic rings. The molecule has 1 aromatic carbocycles. The third-order valence-electron chi connectivity index (χ3n) is 1.56. The Kier molecular flexibility index (Phi) is 4.58. The van der Waals surface area contributed by atoms with Gasteiger partial charge in [0.2, 0.25) is 0 Å². The predicted octanol–water partition coefficient (Wildman–Crippen LogP) is -0.749. The molecular weight excluding hydrogens is 209 g/mol. The molecule has 0 N–H and O–H groups in total. The van der Waals surface area contributed by atoms with Crippen molar-refractivity contribution in [2.45, 2.75) is 5.09 Å². The minimum absolute atomic E-state index is 0. The van der Waals surface area contributed by atoms with Crippen LogP contribution in [0.2, 0.25) is 0 Å². The standard InChI is InChI=1S/C9H7NOS.K/c12-9-6-8(10-11-9)7-4-2-1-3-5-7;/h1-6,12H;/q;+1/p-1. The summed E-state index contributed by atoms with van der Waals surface area (Å²) in [5.74, 6) is 0. The van der Waals surface area contributed by atoms with E-state index in [-0.39, 0.29) is 51.4 Å². The quantitative estimate of drug-likeness (QED) is 0.462. The predicted molar refractivity (Wildman–Crippen MR) is 47.6 cm³/mol. The van der Waals surface area contributed by atoms with Gasteiger partial charge in [-0.25, -0.2) is 0 Å². The van der Waals surface area contributed by atoms with Crippen LogP contribution in [0.1, 0.15) is 0 Å². The summed E-state index contributed by atoms with van der Waals surface area (Å²) >= 11 is 4.80. The first-order valence-electron chi connectivity index (χ1n) is 3.55. The van der Waals surface area contributed by atoms with Gasteiger partial charge < -0.3 is 17.2 Å². The molecule has 0 saturated carbocycles. The van der Waals surface area contributed by atoms with E-state index in [4.69, 9.17) is 17.2 Å². The molecule has 0 fully saturated rings. The first-order valence-corrected chi connectivity index (χ1v) is 3.96. The molecule has 1 aromatic heterocycles. The first kappa shape index (κ1) is 11.4. The summed E-state index contributed by atoms with van der Waals surface area (Å²) in [6.45, 7) is 0. The Labute approximate surface area is 125 Å². The smallest absolute Gasteiger partial charge is 0.739 e. The van der Waals surface area contributed by atoms with Crippen LogP contribution >= 0.6 is 0 Å². The molecule has 0 unspecified atom stereocenters. The van der Waals surface area contributed by atoms with Crippen LogP contribution in [0.25, 0.3) is 11.3 Å². The summed E-state index contributed by atoms with van der Waals surface area (Å²) in [5, 5.41) is 4.23. The molecular formula is C9H6KNOS. The zero-order valence-corrected chi connectivity index (χ0v) is 11.2. The van der Waals surface area contributed by atoms with Gasteiger partial charge in [0.25, 0.3) is 0 Å². The van der Waals surface area contributed by atoms with E-state index >= 15 is 0 Å². The fraction of sp³-hybridized carbons (Fsp3) is 0. The van der Waals surface area contributed by atoms with E-state index in [1.165, 1.54) is 0 Å². The van der Waals surface area contributed by atoms with Gasteiger partial charge in [-0.05, 0) is 6.07 Å². The van der Waals surface area contributed by atoms with Crippen molar-refractivity contribution in [1.29, 1.82) is 0 Å². The molecule has 1 heterocycles. The summed E-state index contributed by atoms with van der Waals surface area (Å²) in [6.07, 6.45) is 0. The third kappa shape index (κ3) is 2.87. The van der Waals surface area contributed by atoms with E-state index in [9.17, 15) is 0 Å². The van der Waals surface area contributed by atoms with E-state index in [0.29, 0.717) is 5.09 Å². The van der Waals surface area contributed by atoms with Gasteiger partial charge >= 0.3 is 51.4 Å². The molecule has 0 bridgehead atoms. The van der Waals surface area contributed by atoms with Crippen molar-refractivity contribution in [2.75, 3.05) is 0 Å². The van der Waals surface area contributed by atoms with Gasteiger partial charge in [-0.2, -0.15) is 0 Å². The Morgan fingerprint density at radius 3 is 2.38 bits per heavy atom. The van der Waals surface area contributed by atoms with Crippen molar-refractivity contribution in [3.63, 3.8) is 0 Å². The zero-order chi connectivity index (χ0) is 8.39. The Morgan fingerprint density at radius 1 is 1.15 bits per heavy atom. The van der Waals surface area contributed by atoms with E-state index in [1.54, 1.807) is 6.07 Å². The molecule has 0 spiro atoms. The maximum atomic E-state index is 4.80. The van der Waals surface area contributed by atoms with Crippen LogP contribution in [0.15, 0.2) is 46.0 Å². The molecule has 0 atom stereocenters. The Hall–Kier alpha value is 0.286. The van der Waals surface area contributed by atoms with Crippen LogP contribution in [-0.4, -0.2) is 5.16 Å². The van der Waals surface area contributed by atoms with Gasteiger partial charge in [-0.3, -0.25) is 0 Å². The van der Waals surface area contributed by atoms with Crippen molar-refractivity contribution in [3.05, 3.63) is 36.4 Å². The monoisotopic (exact) mass is 215 g/mol.